The van der Waals surface area contributed by atoms with Crippen LogP contribution in [0.25, 0.3) is 16.6 Å². The fourth-order valence-corrected chi connectivity index (χ4v) is 3.90. The summed E-state index contributed by atoms with van der Waals surface area (Å²) >= 11 is 6.19. The van der Waals surface area contributed by atoms with Crippen molar-refractivity contribution in [3.8, 4) is 5.69 Å². The number of halogens is 2. The van der Waals surface area contributed by atoms with Crippen molar-refractivity contribution in [1.29, 1.82) is 0 Å². The maximum Gasteiger partial charge on any atom is 0.293 e. The van der Waals surface area contributed by atoms with Gasteiger partial charge in [-0.3, -0.25) is 4.79 Å². The van der Waals surface area contributed by atoms with Gasteiger partial charge in [0.1, 0.15) is 11.3 Å². The molecule has 0 atom stereocenters. The molecule has 0 N–H and O–H groups in total. The molecule has 0 saturated heterocycles. The third kappa shape index (κ3) is 3.04. The monoisotopic (exact) mass is 408 g/mol. The van der Waals surface area contributed by atoms with E-state index in [0.29, 0.717) is 11.4 Å². The molecular formula is C22H18ClFN4O. The molecule has 1 saturated carbocycles. The van der Waals surface area contributed by atoms with E-state index in [9.17, 15) is 9.18 Å². The Labute approximate surface area is 171 Å². The van der Waals surface area contributed by atoms with Gasteiger partial charge < -0.3 is 0 Å². The first kappa shape index (κ1) is 18.1. The lowest BCUT2D eigenvalue weighted by Crippen LogP contribution is -2.27. The average molecular weight is 409 g/mol. The van der Waals surface area contributed by atoms with Gasteiger partial charge in [-0.2, -0.15) is 10.2 Å². The molecule has 5 nitrogen and oxygen atoms in total. The summed E-state index contributed by atoms with van der Waals surface area (Å²) in [7, 11) is 0. The quantitative estimate of drug-likeness (QED) is 0.495. The first-order valence-corrected chi connectivity index (χ1v) is 9.90. The summed E-state index contributed by atoms with van der Waals surface area (Å²) in [6.07, 6.45) is 3.76. The molecule has 0 amide bonds. The molecule has 1 aliphatic rings. The molecule has 2 aromatic carbocycles. The van der Waals surface area contributed by atoms with Crippen LogP contribution in [0, 0.1) is 12.7 Å². The molecule has 0 radical (unpaired) electrons. The van der Waals surface area contributed by atoms with E-state index in [-0.39, 0.29) is 22.7 Å². The number of rotatable bonds is 4. The molecule has 0 aliphatic heterocycles. The lowest BCUT2D eigenvalue weighted by atomic mass is 10.1. The fourth-order valence-electron chi connectivity index (χ4n) is 3.68. The van der Waals surface area contributed by atoms with E-state index in [0.717, 1.165) is 35.2 Å². The minimum atomic E-state index is -0.452. The SMILES string of the molecule is Cc1ccccc1-n1ncc2c(C3CC3)nn(Cc3c(F)cccc3Cl)c(=O)c21. The molecule has 29 heavy (non-hydrogen) atoms. The lowest BCUT2D eigenvalue weighted by molar-refractivity contribution is 0.569. The number of fused-ring (bicyclic) bond motifs is 1. The largest absolute Gasteiger partial charge is 0.293 e. The predicted octanol–water partition coefficient (Wildman–Crippen LogP) is 4.61. The fraction of sp³-hybridized carbons (Fsp3) is 0.227. The smallest absolute Gasteiger partial charge is 0.265 e. The van der Waals surface area contributed by atoms with Crippen molar-refractivity contribution in [1.82, 2.24) is 19.6 Å². The van der Waals surface area contributed by atoms with Crippen LogP contribution in [0.2, 0.25) is 5.02 Å². The van der Waals surface area contributed by atoms with Crippen LogP contribution in [0.5, 0.6) is 0 Å². The zero-order chi connectivity index (χ0) is 20.1. The number of hydrogen-bond acceptors (Lipinski definition) is 3. The van der Waals surface area contributed by atoms with Gasteiger partial charge in [0.05, 0.1) is 24.1 Å². The third-order valence-electron chi connectivity index (χ3n) is 5.39. The zero-order valence-electron chi connectivity index (χ0n) is 15.8. The van der Waals surface area contributed by atoms with E-state index < -0.39 is 5.82 Å². The third-order valence-corrected chi connectivity index (χ3v) is 5.74. The number of aryl methyl sites for hydroxylation is 1. The predicted molar refractivity (Wildman–Crippen MR) is 110 cm³/mol. The van der Waals surface area contributed by atoms with Crippen LogP contribution >= 0.6 is 11.6 Å². The van der Waals surface area contributed by atoms with Crippen LogP contribution in [0.4, 0.5) is 4.39 Å². The van der Waals surface area contributed by atoms with E-state index in [4.69, 9.17) is 11.6 Å². The Balaban J connectivity index is 1.76. The molecule has 0 spiro atoms. The normalized spacial score (nSPS) is 13.9. The second-order valence-electron chi connectivity index (χ2n) is 7.43. The van der Waals surface area contributed by atoms with E-state index in [2.05, 4.69) is 10.2 Å². The molecular weight excluding hydrogens is 391 g/mol. The van der Waals surface area contributed by atoms with Gasteiger partial charge in [0.2, 0.25) is 0 Å². The molecule has 4 aromatic rings. The molecule has 1 fully saturated rings. The number of aromatic nitrogens is 4. The molecule has 2 heterocycles. The van der Waals surface area contributed by atoms with Crippen LogP contribution < -0.4 is 5.56 Å². The van der Waals surface area contributed by atoms with Gasteiger partial charge in [0.15, 0.2) is 0 Å². The Bertz CT molecular complexity index is 1290. The molecule has 5 rings (SSSR count). The zero-order valence-corrected chi connectivity index (χ0v) is 16.5. The van der Waals surface area contributed by atoms with Crippen LogP contribution in [-0.4, -0.2) is 19.6 Å². The summed E-state index contributed by atoms with van der Waals surface area (Å²) in [5.74, 6) is -0.151. The van der Waals surface area contributed by atoms with Crippen molar-refractivity contribution in [3.63, 3.8) is 0 Å². The second kappa shape index (κ2) is 6.81. The molecule has 0 unspecified atom stereocenters. The van der Waals surface area contributed by atoms with Gasteiger partial charge in [0, 0.05) is 21.9 Å². The number of nitrogens with zero attached hydrogens (tertiary/aromatic N) is 4. The maximum absolute atomic E-state index is 14.3. The van der Waals surface area contributed by atoms with Gasteiger partial charge in [-0.25, -0.2) is 13.8 Å². The highest BCUT2D eigenvalue weighted by Gasteiger charge is 2.30. The van der Waals surface area contributed by atoms with E-state index in [1.165, 1.54) is 10.7 Å². The lowest BCUT2D eigenvalue weighted by Gasteiger charge is -2.12. The topological polar surface area (TPSA) is 52.7 Å². The van der Waals surface area contributed by atoms with Crippen molar-refractivity contribution < 1.29 is 4.39 Å². The Morgan fingerprint density at radius 2 is 1.97 bits per heavy atom. The van der Waals surface area contributed by atoms with Gasteiger partial charge in [-0.15, -0.1) is 0 Å². The highest BCUT2D eigenvalue weighted by molar-refractivity contribution is 6.31. The highest BCUT2D eigenvalue weighted by atomic mass is 35.5. The van der Waals surface area contributed by atoms with Crippen LogP contribution in [0.1, 0.15) is 35.6 Å². The van der Waals surface area contributed by atoms with Crippen molar-refractivity contribution in [3.05, 3.63) is 86.7 Å². The Kier molecular flexibility index (Phi) is 4.24. The molecule has 1 aliphatic carbocycles. The van der Waals surface area contributed by atoms with E-state index >= 15 is 0 Å². The minimum absolute atomic E-state index is 0.0288. The highest BCUT2D eigenvalue weighted by Crippen LogP contribution is 2.41. The summed E-state index contributed by atoms with van der Waals surface area (Å²) in [6, 6.07) is 12.3. The van der Waals surface area contributed by atoms with Gasteiger partial charge in [-0.1, -0.05) is 35.9 Å². The van der Waals surface area contributed by atoms with Gasteiger partial charge in [-0.05, 0) is 43.5 Å². The average Bonchev–Trinajstić information content (AvgIpc) is 3.45. The summed E-state index contributed by atoms with van der Waals surface area (Å²) < 4.78 is 17.3. The molecule has 0 bridgehead atoms. The molecule has 146 valence electrons. The first-order chi connectivity index (χ1) is 14.0. The van der Waals surface area contributed by atoms with E-state index in [1.54, 1.807) is 23.0 Å². The second-order valence-corrected chi connectivity index (χ2v) is 7.83. The molecule has 2 aromatic heterocycles. The van der Waals surface area contributed by atoms with Crippen LogP contribution in [0.3, 0.4) is 0 Å². The van der Waals surface area contributed by atoms with Crippen molar-refractivity contribution in [2.45, 2.75) is 32.2 Å². The van der Waals surface area contributed by atoms with Crippen molar-refractivity contribution >= 4 is 22.5 Å². The van der Waals surface area contributed by atoms with Crippen LogP contribution in [-0.2, 0) is 6.54 Å². The number of benzene rings is 2. The van der Waals surface area contributed by atoms with Gasteiger partial charge >= 0.3 is 0 Å². The number of hydrogen-bond donors (Lipinski definition) is 0. The Hall–Kier alpha value is -2.99. The van der Waals surface area contributed by atoms with Crippen LogP contribution in [0.15, 0.2) is 53.5 Å². The van der Waals surface area contributed by atoms with E-state index in [1.807, 2.05) is 31.2 Å². The Morgan fingerprint density at radius 1 is 1.17 bits per heavy atom. The minimum Gasteiger partial charge on any atom is -0.265 e. The number of para-hydroxylation sites is 1. The van der Waals surface area contributed by atoms with Crippen molar-refractivity contribution in [2.24, 2.45) is 0 Å². The summed E-state index contributed by atoms with van der Waals surface area (Å²) in [6.45, 7) is 1.95. The van der Waals surface area contributed by atoms with Gasteiger partial charge in [0.25, 0.3) is 5.56 Å². The maximum atomic E-state index is 14.3. The van der Waals surface area contributed by atoms with Crippen molar-refractivity contribution in [2.75, 3.05) is 0 Å². The summed E-state index contributed by atoms with van der Waals surface area (Å²) in [5, 5.41) is 10.1. The Morgan fingerprint density at radius 3 is 2.69 bits per heavy atom. The first-order valence-electron chi connectivity index (χ1n) is 9.52. The standard InChI is InChI=1S/C22H18ClFN4O/c1-13-5-2-3-8-19(13)28-21-15(11-25-28)20(14-9-10-14)26-27(22(21)29)12-16-17(23)6-4-7-18(16)24/h2-8,11,14H,9-10,12H2,1H3. The molecule has 7 heteroatoms. The summed E-state index contributed by atoms with van der Waals surface area (Å²) in [5.41, 5.74) is 3.08. The summed E-state index contributed by atoms with van der Waals surface area (Å²) in [4.78, 5) is 13.4.